The topological polar surface area (TPSA) is 91.8 Å². The minimum absolute atomic E-state index is 0.00451. The fourth-order valence-electron chi connectivity index (χ4n) is 3.50. The second-order valence-electron chi connectivity index (χ2n) is 7.26. The molecule has 0 spiro atoms. The number of aryl methyl sites for hydroxylation is 2. The second kappa shape index (κ2) is 8.73. The summed E-state index contributed by atoms with van der Waals surface area (Å²) < 4.78 is 6.89. The zero-order valence-electron chi connectivity index (χ0n) is 16.1. The summed E-state index contributed by atoms with van der Waals surface area (Å²) in [6.45, 7) is 2.75. The van der Waals surface area contributed by atoms with Crippen LogP contribution in [-0.2, 0) is 16.0 Å². The molecule has 2 aromatic rings. The molecule has 2 aliphatic rings. The second-order valence-corrected chi connectivity index (χ2v) is 9.34. The highest BCUT2D eigenvalue weighted by atomic mass is 32.2. The number of hydrogen-bond acceptors (Lipinski definition) is 7. The number of nitrogens with zero attached hydrogens (tertiary/aromatic N) is 2. The van der Waals surface area contributed by atoms with Crippen molar-refractivity contribution < 1.29 is 19.4 Å². The van der Waals surface area contributed by atoms with E-state index in [1.54, 1.807) is 11.0 Å². The highest BCUT2D eigenvalue weighted by molar-refractivity contribution is 8.01. The third-order valence-electron chi connectivity index (χ3n) is 5.05. The number of aliphatic hydroxyl groups is 1. The van der Waals surface area contributed by atoms with Gasteiger partial charge < -0.3 is 20.1 Å². The smallest absolute Gasteiger partial charge is 0.233 e. The molecule has 1 saturated heterocycles. The number of piperidine rings is 1. The molecule has 0 aliphatic carbocycles. The third-order valence-corrected chi connectivity index (χ3v) is 7.17. The van der Waals surface area contributed by atoms with Crippen molar-refractivity contribution in [2.75, 3.05) is 24.2 Å². The van der Waals surface area contributed by atoms with Crippen molar-refractivity contribution >= 4 is 40.6 Å². The van der Waals surface area contributed by atoms with E-state index < -0.39 is 6.10 Å². The molecule has 2 amide bonds. The predicted molar refractivity (Wildman–Crippen MR) is 113 cm³/mol. The fourth-order valence-corrected chi connectivity index (χ4v) is 5.25. The van der Waals surface area contributed by atoms with Gasteiger partial charge in [-0.25, -0.2) is 4.98 Å². The number of β-amino-alcohol motifs (C(OH)–C–C–N with tert-alkyl or cyclic N) is 1. The normalized spacial score (nSPS) is 21.4. The first-order valence-corrected chi connectivity index (χ1v) is 11.4. The number of thiazole rings is 1. The molecule has 2 aliphatic heterocycles. The summed E-state index contributed by atoms with van der Waals surface area (Å²) in [7, 11) is 0. The van der Waals surface area contributed by atoms with Gasteiger partial charge in [-0.2, -0.15) is 0 Å². The lowest BCUT2D eigenvalue weighted by Gasteiger charge is -2.36. The van der Waals surface area contributed by atoms with Crippen LogP contribution in [0.2, 0.25) is 0 Å². The van der Waals surface area contributed by atoms with Crippen LogP contribution >= 0.6 is 23.1 Å². The first kappa shape index (κ1) is 20.2. The summed E-state index contributed by atoms with van der Waals surface area (Å²) in [6.07, 6.45) is 0.629. The highest BCUT2D eigenvalue weighted by Crippen LogP contribution is 2.29. The molecule has 0 unspecified atom stereocenters. The number of ether oxygens (including phenoxy) is 1. The molecule has 7 nitrogen and oxygen atoms in total. The summed E-state index contributed by atoms with van der Waals surface area (Å²) in [5, 5.41) is 15.3. The molecule has 2 N–H and O–H groups in total. The molecule has 0 radical (unpaired) electrons. The largest absolute Gasteiger partial charge is 0.488 e. The number of carbonyl (C=O) groups excluding carboxylic acids is 2. The molecule has 9 heteroatoms. The number of hydrogen-bond donors (Lipinski definition) is 2. The monoisotopic (exact) mass is 433 g/mol. The zero-order valence-corrected chi connectivity index (χ0v) is 17.7. The van der Waals surface area contributed by atoms with Gasteiger partial charge in [0.05, 0.1) is 12.3 Å². The number of fused-ring (bicyclic) bond motifs is 1. The SMILES string of the molecule is Cc1csc(SCC(=O)N2CC[C@@H](Oc3ccc4c(c3)CCC(=O)N4)[C@H](O)C2)n1. The minimum Gasteiger partial charge on any atom is -0.488 e. The number of aromatic nitrogens is 1. The Kier molecular flexibility index (Phi) is 6.07. The van der Waals surface area contributed by atoms with Crippen LogP contribution in [0, 0.1) is 6.92 Å². The molecule has 29 heavy (non-hydrogen) atoms. The van der Waals surface area contributed by atoms with E-state index in [0.29, 0.717) is 37.3 Å². The van der Waals surface area contributed by atoms with Crippen molar-refractivity contribution in [2.24, 2.45) is 0 Å². The van der Waals surface area contributed by atoms with E-state index in [9.17, 15) is 14.7 Å². The number of rotatable bonds is 5. The first-order chi connectivity index (χ1) is 14.0. The van der Waals surface area contributed by atoms with E-state index in [4.69, 9.17) is 4.74 Å². The summed E-state index contributed by atoms with van der Waals surface area (Å²) in [5.74, 6) is 1.03. The molecular formula is C20H23N3O4S2. The highest BCUT2D eigenvalue weighted by Gasteiger charge is 2.32. The van der Waals surface area contributed by atoms with Gasteiger partial charge in [0.25, 0.3) is 0 Å². The van der Waals surface area contributed by atoms with Crippen LogP contribution in [0.4, 0.5) is 5.69 Å². The third kappa shape index (κ3) is 4.91. The van der Waals surface area contributed by atoms with Gasteiger partial charge in [0.15, 0.2) is 4.34 Å². The maximum atomic E-state index is 12.5. The number of likely N-dealkylation sites (tertiary alicyclic amines) is 1. The van der Waals surface area contributed by atoms with Gasteiger partial charge >= 0.3 is 0 Å². The lowest BCUT2D eigenvalue weighted by molar-refractivity contribution is -0.134. The number of aliphatic hydroxyl groups excluding tert-OH is 1. The number of nitrogens with one attached hydrogen (secondary N) is 1. The van der Waals surface area contributed by atoms with Gasteiger partial charge in [-0.3, -0.25) is 9.59 Å². The average molecular weight is 434 g/mol. The molecule has 4 rings (SSSR count). The number of carbonyl (C=O) groups is 2. The first-order valence-electron chi connectivity index (χ1n) is 9.58. The average Bonchev–Trinajstić information content (AvgIpc) is 3.13. The summed E-state index contributed by atoms with van der Waals surface area (Å²) in [5.41, 5.74) is 2.82. The Balaban J connectivity index is 1.30. The van der Waals surface area contributed by atoms with E-state index in [1.807, 2.05) is 24.4 Å². The van der Waals surface area contributed by atoms with Crippen molar-refractivity contribution in [1.82, 2.24) is 9.88 Å². The summed E-state index contributed by atoms with van der Waals surface area (Å²) in [4.78, 5) is 30.0. The van der Waals surface area contributed by atoms with Gasteiger partial charge in [0.2, 0.25) is 11.8 Å². The van der Waals surface area contributed by atoms with Gasteiger partial charge in [-0.1, -0.05) is 11.8 Å². The fraction of sp³-hybridized carbons (Fsp3) is 0.450. The standard InChI is InChI=1S/C20H23N3O4S2/c1-12-10-28-20(21-12)29-11-19(26)23-7-6-17(16(24)9-23)27-14-3-4-15-13(8-14)2-5-18(25)22-15/h3-4,8,10,16-17,24H,2,5-7,9,11H2,1H3,(H,22,25)/t16-,17-/m1/s1. The molecule has 3 heterocycles. The van der Waals surface area contributed by atoms with Gasteiger partial charge in [0.1, 0.15) is 18.0 Å². The lowest BCUT2D eigenvalue weighted by Crippen LogP contribution is -2.51. The maximum absolute atomic E-state index is 12.5. The molecule has 1 fully saturated rings. The Labute approximate surface area is 177 Å². The Morgan fingerprint density at radius 2 is 2.31 bits per heavy atom. The van der Waals surface area contributed by atoms with Gasteiger partial charge in [-0.05, 0) is 37.1 Å². The number of anilines is 1. The quantitative estimate of drug-likeness (QED) is 0.704. The zero-order chi connectivity index (χ0) is 20.4. The van der Waals surface area contributed by atoms with Crippen molar-refractivity contribution in [3.05, 3.63) is 34.8 Å². The van der Waals surface area contributed by atoms with Gasteiger partial charge in [0, 0.05) is 36.1 Å². The minimum atomic E-state index is -0.740. The molecular weight excluding hydrogens is 410 g/mol. The molecule has 1 aromatic heterocycles. The van der Waals surface area contributed by atoms with E-state index in [2.05, 4.69) is 10.3 Å². The molecule has 0 bridgehead atoms. The van der Waals surface area contributed by atoms with Gasteiger partial charge in [-0.15, -0.1) is 11.3 Å². The number of amides is 2. The van der Waals surface area contributed by atoms with Crippen molar-refractivity contribution in [3.8, 4) is 5.75 Å². The maximum Gasteiger partial charge on any atom is 0.233 e. The van der Waals surface area contributed by atoms with Crippen molar-refractivity contribution in [3.63, 3.8) is 0 Å². The van der Waals surface area contributed by atoms with Crippen LogP contribution in [0.5, 0.6) is 5.75 Å². The predicted octanol–water partition coefficient (Wildman–Crippen LogP) is 2.47. The van der Waals surface area contributed by atoms with Crippen molar-refractivity contribution in [1.29, 1.82) is 0 Å². The Morgan fingerprint density at radius 1 is 1.45 bits per heavy atom. The van der Waals surface area contributed by atoms with E-state index in [1.165, 1.54) is 23.1 Å². The van der Waals surface area contributed by atoms with E-state index in [0.717, 1.165) is 21.3 Å². The van der Waals surface area contributed by atoms with E-state index in [-0.39, 0.29) is 24.5 Å². The summed E-state index contributed by atoms with van der Waals surface area (Å²) in [6, 6.07) is 5.57. The Bertz CT molecular complexity index is 917. The Hall–Kier alpha value is -2.10. The van der Waals surface area contributed by atoms with Crippen LogP contribution in [-0.4, -0.2) is 57.9 Å². The molecule has 154 valence electrons. The lowest BCUT2D eigenvalue weighted by atomic mass is 10.0. The van der Waals surface area contributed by atoms with Crippen LogP contribution < -0.4 is 10.1 Å². The number of thioether (sulfide) groups is 1. The van der Waals surface area contributed by atoms with Crippen LogP contribution in [0.15, 0.2) is 27.9 Å². The van der Waals surface area contributed by atoms with Crippen LogP contribution in [0.1, 0.15) is 24.1 Å². The molecule has 0 saturated carbocycles. The Morgan fingerprint density at radius 3 is 3.07 bits per heavy atom. The molecule has 2 atom stereocenters. The van der Waals surface area contributed by atoms with Crippen molar-refractivity contribution in [2.45, 2.75) is 42.7 Å². The van der Waals surface area contributed by atoms with Crippen LogP contribution in [0.3, 0.4) is 0 Å². The molecule has 1 aromatic carbocycles. The number of benzene rings is 1. The van der Waals surface area contributed by atoms with E-state index >= 15 is 0 Å². The summed E-state index contributed by atoms with van der Waals surface area (Å²) >= 11 is 2.97. The van der Waals surface area contributed by atoms with Crippen LogP contribution in [0.25, 0.3) is 0 Å².